The van der Waals surface area contributed by atoms with E-state index < -0.39 is 110 Å². The van der Waals surface area contributed by atoms with Crippen molar-refractivity contribution in [3.8, 4) is 11.1 Å². The maximum atomic E-state index is 13.5. The Hall–Kier alpha value is -6.08. The third-order valence-electron chi connectivity index (χ3n) is 9.13. The first-order chi connectivity index (χ1) is 26.9. The van der Waals surface area contributed by atoms with Gasteiger partial charge in [0, 0.05) is 24.9 Å². The first-order valence-electron chi connectivity index (χ1n) is 18.3. The molecule has 19 heteroatoms. The molecule has 1 aliphatic rings. The van der Waals surface area contributed by atoms with Crippen LogP contribution >= 0.6 is 0 Å². The van der Waals surface area contributed by atoms with Crippen molar-refractivity contribution >= 4 is 47.6 Å². The fraction of sp³-hybridized carbons (Fsp3) is 0.474. The standard InChI is InChI=1S/C38H51N7O12/c1-19(2)14-26(39)30(17-42-28(16-33(49)50)36(53)43-20(3)35(52)44-27(34(41)51)12-13-32(47)48)57-37(54)29(15-31(40)46)45-38(55)56-18-25-23-10-6-4-8-21(23)22-9-5-7-11-24(22)25/h4-11,19-20,25-30,42H,12-18,39H2,1-3H3,(H2,40,46)(H2,41,51)(H,43,53)(H,44,52)(H,45,55)(H,47,48)(H,49,50)/t20-,26-,27-,28-,29-,30-/m0/s1. The molecule has 12 N–H and O–H groups in total. The van der Waals surface area contributed by atoms with Gasteiger partial charge in [0.05, 0.1) is 18.9 Å². The number of benzene rings is 2. The van der Waals surface area contributed by atoms with E-state index in [0.717, 1.165) is 22.3 Å². The topological polar surface area (TPSA) is 322 Å². The van der Waals surface area contributed by atoms with Crippen molar-refractivity contribution in [3.05, 3.63) is 59.7 Å². The molecule has 3 rings (SSSR count). The molecular weight excluding hydrogens is 746 g/mol. The quantitative estimate of drug-likeness (QED) is 0.0660. The molecule has 0 saturated carbocycles. The number of carboxylic acid groups (broad SMARTS) is 2. The molecule has 57 heavy (non-hydrogen) atoms. The van der Waals surface area contributed by atoms with E-state index in [9.17, 15) is 43.5 Å². The van der Waals surface area contributed by atoms with Crippen LogP contribution in [0.2, 0.25) is 0 Å². The first-order valence-corrected chi connectivity index (χ1v) is 18.3. The van der Waals surface area contributed by atoms with Crippen LogP contribution in [0.3, 0.4) is 0 Å². The summed E-state index contributed by atoms with van der Waals surface area (Å²) in [6.45, 7) is 4.45. The number of carbonyl (C=O) groups excluding carboxylic acids is 6. The van der Waals surface area contributed by atoms with Crippen molar-refractivity contribution in [2.75, 3.05) is 13.2 Å². The lowest BCUT2D eigenvalue weighted by atomic mass is 9.98. The number of aliphatic carboxylic acids is 2. The monoisotopic (exact) mass is 797 g/mol. The molecule has 2 aromatic rings. The fourth-order valence-electron chi connectivity index (χ4n) is 6.30. The highest BCUT2D eigenvalue weighted by molar-refractivity contribution is 5.93. The molecule has 0 spiro atoms. The van der Waals surface area contributed by atoms with Gasteiger partial charge in [-0.2, -0.15) is 0 Å². The van der Waals surface area contributed by atoms with E-state index in [1.54, 1.807) is 0 Å². The number of rotatable bonds is 23. The predicted molar refractivity (Wildman–Crippen MR) is 203 cm³/mol. The molecule has 2 aromatic carbocycles. The second kappa shape index (κ2) is 21.3. The Balaban J connectivity index is 1.70. The Morgan fingerprint density at radius 2 is 1.35 bits per heavy atom. The van der Waals surface area contributed by atoms with Crippen LogP contribution < -0.4 is 38.5 Å². The van der Waals surface area contributed by atoms with Gasteiger partial charge in [-0.3, -0.25) is 28.8 Å². The Morgan fingerprint density at radius 3 is 1.88 bits per heavy atom. The molecule has 1 aliphatic carbocycles. The Kier molecular flexibility index (Phi) is 16.9. The van der Waals surface area contributed by atoms with Gasteiger partial charge in [0.15, 0.2) is 0 Å². The van der Waals surface area contributed by atoms with Crippen molar-refractivity contribution in [1.82, 2.24) is 21.3 Å². The summed E-state index contributed by atoms with van der Waals surface area (Å²) < 4.78 is 11.2. The highest BCUT2D eigenvalue weighted by Gasteiger charge is 2.34. The normalized spacial score (nSPS) is 15.0. The van der Waals surface area contributed by atoms with Gasteiger partial charge in [0.1, 0.15) is 30.8 Å². The summed E-state index contributed by atoms with van der Waals surface area (Å²) in [6, 6.07) is 8.66. The molecule has 6 atom stereocenters. The van der Waals surface area contributed by atoms with Crippen LogP contribution in [0.25, 0.3) is 11.1 Å². The van der Waals surface area contributed by atoms with E-state index in [-0.39, 0.29) is 31.3 Å². The maximum Gasteiger partial charge on any atom is 0.407 e. The van der Waals surface area contributed by atoms with E-state index in [4.69, 9.17) is 31.8 Å². The summed E-state index contributed by atoms with van der Waals surface area (Å²) in [7, 11) is 0. The number of carbonyl (C=O) groups is 8. The van der Waals surface area contributed by atoms with Gasteiger partial charge in [0.25, 0.3) is 0 Å². The van der Waals surface area contributed by atoms with Crippen LogP contribution in [0.15, 0.2) is 48.5 Å². The molecule has 5 amide bonds. The summed E-state index contributed by atoms with van der Waals surface area (Å²) in [6.07, 6.45) is -4.22. The zero-order valence-corrected chi connectivity index (χ0v) is 31.9. The summed E-state index contributed by atoms with van der Waals surface area (Å²) in [5.41, 5.74) is 21.0. The minimum atomic E-state index is -1.61. The lowest BCUT2D eigenvalue weighted by Gasteiger charge is -2.29. The van der Waals surface area contributed by atoms with Crippen LogP contribution in [0.5, 0.6) is 0 Å². The van der Waals surface area contributed by atoms with Crippen molar-refractivity contribution in [2.45, 2.75) is 95.1 Å². The zero-order chi connectivity index (χ0) is 42.4. The summed E-state index contributed by atoms with van der Waals surface area (Å²) in [5.74, 6) is -7.87. The lowest BCUT2D eigenvalue weighted by molar-refractivity contribution is -0.154. The van der Waals surface area contributed by atoms with Gasteiger partial charge in [-0.1, -0.05) is 62.4 Å². The third kappa shape index (κ3) is 13.9. The van der Waals surface area contributed by atoms with Crippen molar-refractivity contribution < 1.29 is 58.0 Å². The summed E-state index contributed by atoms with van der Waals surface area (Å²) in [4.78, 5) is 98.9. The van der Waals surface area contributed by atoms with Gasteiger partial charge in [-0.05, 0) is 47.9 Å². The molecule has 0 heterocycles. The van der Waals surface area contributed by atoms with Gasteiger partial charge < -0.3 is 58.2 Å². The fourth-order valence-corrected chi connectivity index (χ4v) is 6.30. The van der Waals surface area contributed by atoms with Crippen LogP contribution in [0.4, 0.5) is 4.79 Å². The summed E-state index contributed by atoms with van der Waals surface area (Å²) in [5, 5.41) is 28.1. The summed E-state index contributed by atoms with van der Waals surface area (Å²) >= 11 is 0. The SMILES string of the molecule is CC(C)C[C@H](N)[C@H](CN[C@@H](CC(=O)O)C(=O)N[C@@H](C)C(=O)N[C@@H](CCC(=O)O)C(N)=O)OC(=O)[C@H](CC(N)=O)NC(=O)OCC1c2ccccc2-c2ccccc21. The van der Waals surface area contributed by atoms with Crippen molar-refractivity contribution in [2.24, 2.45) is 23.1 Å². The second-order valence-corrected chi connectivity index (χ2v) is 14.1. The smallest absolute Gasteiger partial charge is 0.407 e. The van der Waals surface area contributed by atoms with E-state index in [1.165, 1.54) is 6.92 Å². The van der Waals surface area contributed by atoms with E-state index in [0.29, 0.717) is 0 Å². The number of hydrogen-bond donors (Lipinski definition) is 9. The molecule has 0 aliphatic heterocycles. The van der Waals surface area contributed by atoms with Crippen molar-refractivity contribution in [3.63, 3.8) is 0 Å². The molecule has 310 valence electrons. The Bertz CT molecular complexity index is 1760. The highest BCUT2D eigenvalue weighted by atomic mass is 16.6. The number of primary amides is 2. The van der Waals surface area contributed by atoms with Crippen LogP contribution in [0.1, 0.15) is 69.9 Å². The number of ether oxygens (including phenoxy) is 2. The highest BCUT2D eigenvalue weighted by Crippen LogP contribution is 2.44. The largest absolute Gasteiger partial charge is 0.481 e. The third-order valence-corrected chi connectivity index (χ3v) is 9.13. The number of nitrogens with one attached hydrogen (secondary N) is 4. The van der Waals surface area contributed by atoms with E-state index in [1.807, 2.05) is 62.4 Å². The number of hydrogen-bond acceptors (Lipinski definition) is 12. The Labute approximate surface area is 328 Å². The molecule has 0 fully saturated rings. The van der Waals surface area contributed by atoms with Crippen LogP contribution in [-0.2, 0) is 43.0 Å². The molecule has 0 unspecified atom stereocenters. The number of amides is 5. The number of alkyl carbamates (subject to hydrolysis) is 1. The average Bonchev–Trinajstić information content (AvgIpc) is 3.45. The van der Waals surface area contributed by atoms with Crippen molar-refractivity contribution in [1.29, 1.82) is 0 Å². The van der Waals surface area contributed by atoms with Crippen LogP contribution in [-0.4, -0.2) is 107 Å². The van der Waals surface area contributed by atoms with Gasteiger partial charge in [-0.25, -0.2) is 9.59 Å². The molecular formula is C38H51N7O12. The maximum absolute atomic E-state index is 13.5. The van der Waals surface area contributed by atoms with E-state index >= 15 is 0 Å². The minimum Gasteiger partial charge on any atom is -0.481 e. The number of nitrogens with two attached hydrogens (primary N) is 3. The average molecular weight is 798 g/mol. The van der Waals surface area contributed by atoms with Gasteiger partial charge >= 0.3 is 24.0 Å². The first kappa shape index (κ1) is 45.3. The molecule has 0 saturated heterocycles. The molecule has 19 nitrogen and oxygen atoms in total. The minimum absolute atomic E-state index is 0.0150. The van der Waals surface area contributed by atoms with Gasteiger partial charge in [0.2, 0.25) is 23.6 Å². The molecule has 0 bridgehead atoms. The number of carboxylic acids is 2. The number of esters is 1. The van der Waals surface area contributed by atoms with Gasteiger partial charge in [-0.15, -0.1) is 0 Å². The second-order valence-electron chi connectivity index (χ2n) is 14.1. The molecule has 0 radical (unpaired) electrons. The van der Waals surface area contributed by atoms with Crippen LogP contribution in [0, 0.1) is 5.92 Å². The van der Waals surface area contributed by atoms with E-state index in [2.05, 4.69) is 21.3 Å². The molecule has 0 aromatic heterocycles. The predicted octanol–water partition coefficient (Wildman–Crippen LogP) is -0.173. The lowest BCUT2D eigenvalue weighted by Crippen LogP contribution is -2.57. The number of fused-ring (bicyclic) bond motifs is 3. The zero-order valence-electron chi connectivity index (χ0n) is 31.9. The Morgan fingerprint density at radius 1 is 0.754 bits per heavy atom.